The summed E-state index contributed by atoms with van der Waals surface area (Å²) in [5.41, 5.74) is 3.42. The predicted molar refractivity (Wildman–Crippen MR) is 111 cm³/mol. The Morgan fingerprint density at radius 2 is 2.12 bits per heavy atom. The molecule has 142 valence electrons. The van der Waals surface area contributed by atoms with Crippen molar-refractivity contribution >= 4 is 22.4 Å². The van der Waals surface area contributed by atoms with Gasteiger partial charge in [0.2, 0.25) is 0 Å². The Labute approximate surface area is 160 Å². The van der Waals surface area contributed by atoms with Crippen molar-refractivity contribution in [2.75, 3.05) is 39.2 Å². The molecule has 0 saturated carbocycles. The maximum absolute atomic E-state index is 5.45. The lowest BCUT2D eigenvalue weighted by Crippen LogP contribution is -2.38. The molecule has 26 heavy (non-hydrogen) atoms. The van der Waals surface area contributed by atoms with Crippen molar-refractivity contribution in [3.63, 3.8) is 0 Å². The SMILES string of the molecule is CCNC(=NCc1csc(N(C)C)n1)NCCc1cc(C)ccc1OC. The standard InChI is InChI=1S/C19H29N5OS/c1-6-20-18(22-12-16-13-26-19(23-16)24(3)4)21-10-9-15-11-14(2)7-8-17(15)25-5/h7-8,11,13H,6,9-10,12H2,1-5H3,(H2,20,21,22). The van der Waals surface area contributed by atoms with Crippen molar-refractivity contribution in [2.24, 2.45) is 4.99 Å². The van der Waals surface area contributed by atoms with E-state index in [1.807, 2.05) is 25.1 Å². The van der Waals surface area contributed by atoms with Gasteiger partial charge in [-0.25, -0.2) is 9.98 Å². The third-order valence-corrected chi connectivity index (χ3v) is 4.85. The van der Waals surface area contributed by atoms with Gasteiger partial charge in [0.05, 0.1) is 19.3 Å². The van der Waals surface area contributed by atoms with Crippen LogP contribution in [0.4, 0.5) is 5.13 Å². The molecule has 0 aliphatic carbocycles. The van der Waals surface area contributed by atoms with Crippen LogP contribution in [0.15, 0.2) is 28.6 Å². The second kappa shape index (κ2) is 10.0. The molecule has 6 nitrogen and oxygen atoms in total. The smallest absolute Gasteiger partial charge is 0.191 e. The number of methoxy groups -OCH3 is 1. The largest absolute Gasteiger partial charge is 0.496 e. The molecule has 0 atom stereocenters. The quantitative estimate of drug-likeness (QED) is 0.549. The number of anilines is 1. The van der Waals surface area contributed by atoms with Crippen molar-refractivity contribution in [3.05, 3.63) is 40.4 Å². The number of aliphatic imine (C=N–C) groups is 1. The van der Waals surface area contributed by atoms with E-state index < -0.39 is 0 Å². The van der Waals surface area contributed by atoms with E-state index in [4.69, 9.17) is 4.74 Å². The van der Waals surface area contributed by atoms with Crippen molar-refractivity contribution in [1.82, 2.24) is 15.6 Å². The number of aryl methyl sites for hydroxylation is 1. The number of thiazole rings is 1. The topological polar surface area (TPSA) is 61.8 Å². The fraction of sp³-hybridized carbons (Fsp3) is 0.474. The van der Waals surface area contributed by atoms with Crippen LogP contribution in [0, 0.1) is 6.92 Å². The van der Waals surface area contributed by atoms with Crippen molar-refractivity contribution in [3.8, 4) is 5.75 Å². The van der Waals surface area contributed by atoms with Gasteiger partial charge >= 0.3 is 0 Å². The average molecular weight is 376 g/mol. The van der Waals surface area contributed by atoms with Gasteiger partial charge in [-0.1, -0.05) is 17.7 Å². The molecule has 0 bridgehead atoms. The first-order chi connectivity index (χ1) is 12.5. The zero-order chi connectivity index (χ0) is 18.9. The van der Waals surface area contributed by atoms with Crippen LogP contribution in [0.2, 0.25) is 0 Å². The zero-order valence-electron chi connectivity index (χ0n) is 16.3. The number of aromatic nitrogens is 1. The molecule has 2 rings (SSSR count). The van der Waals surface area contributed by atoms with E-state index >= 15 is 0 Å². The summed E-state index contributed by atoms with van der Waals surface area (Å²) in [5, 5.41) is 9.73. The van der Waals surface area contributed by atoms with Crippen molar-refractivity contribution in [2.45, 2.75) is 26.8 Å². The van der Waals surface area contributed by atoms with E-state index in [-0.39, 0.29) is 0 Å². The van der Waals surface area contributed by atoms with Gasteiger partial charge < -0.3 is 20.3 Å². The van der Waals surface area contributed by atoms with E-state index in [1.54, 1.807) is 18.4 Å². The van der Waals surface area contributed by atoms with Gasteiger partial charge in [0.25, 0.3) is 0 Å². The number of benzene rings is 1. The highest BCUT2D eigenvalue weighted by molar-refractivity contribution is 7.13. The first-order valence-corrected chi connectivity index (χ1v) is 9.68. The Kier molecular flexibility index (Phi) is 7.72. The monoisotopic (exact) mass is 375 g/mol. The predicted octanol–water partition coefficient (Wildman–Crippen LogP) is 2.82. The van der Waals surface area contributed by atoms with E-state index in [0.717, 1.165) is 42.0 Å². The van der Waals surface area contributed by atoms with Crippen LogP contribution in [0.1, 0.15) is 23.7 Å². The summed E-state index contributed by atoms with van der Waals surface area (Å²) in [5.74, 6) is 1.73. The normalized spacial score (nSPS) is 11.3. The average Bonchev–Trinajstić information content (AvgIpc) is 3.09. The summed E-state index contributed by atoms with van der Waals surface area (Å²) in [6.07, 6.45) is 0.872. The molecule has 7 heteroatoms. The highest BCUT2D eigenvalue weighted by Gasteiger charge is 2.06. The Hall–Kier alpha value is -2.28. The molecule has 1 aromatic heterocycles. The van der Waals surface area contributed by atoms with Crippen LogP contribution >= 0.6 is 11.3 Å². The Morgan fingerprint density at radius 3 is 2.77 bits per heavy atom. The molecule has 1 heterocycles. The number of hydrogen-bond donors (Lipinski definition) is 2. The number of nitrogens with one attached hydrogen (secondary N) is 2. The third kappa shape index (κ3) is 5.91. The van der Waals surface area contributed by atoms with Crippen LogP contribution in [0.5, 0.6) is 5.75 Å². The molecule has 2 aromatic rings. The molecule has 1 aromatic carbocycles. The summed E-state index contributed by atoms with van der Waals surface area (Å²) < 4.78 is 5.45. The molecule has 0 radical (unpaired) electrons. The molecule has 0 aliphatic heterocycles. The Balaban J connectivity index is 1.94. The van der Waals surface area contributed by atoms with Gasteiger partial charge in [-0.2, -0.15) is 0 Å². The number of nitrogens with zero attached hydrogens (tertiary/aromatic N) is 3. The second-order valence-corrected chi connectivity index (χ2v) is 7.04. The summed E-state index contributed by atoms with van der Waals surface area (Å²) >= 11 is 1.63. The minimum atomic E-state index is 0.563. The van der Waals surface area contributed by atoms with Gasteiger partial charge in [-0.15, -0.1) is 11.3 Å². The van der Waals surface area contributed by atoms with Gasteiger partial charge in [-0.05, 0) is 31.9 Å². The van der Waals surface area contributed by atoms with Gasteiger partial charge in [0, 0.05) is 32.6 Å². The van der Waals surface area contributed by atoms with Gasteiger partial charge in [0.1, 0.15) is 5.75 Å². The second-order valence-electron chi connectivity index (χ2n) is 6.20. The van der Waals surface area contributed by atoms with E-state index in [9.17, 15) is 0 Å². The third-order valence-electron chi connectivity index (χ3n) is 3.79. The van der Waals surface area contributed by atoms with E-state index in [0.29, 0.717) is 6.54 Å². The lowest BCUT2D eigenvalue weighted by molar-refractivity contribution is 0.409. The first kappa shape index (κ1) is 20.0. The summed E-state index contributed by atoms with van der Waals surface area (Å²) in [6.45, 7) is 6.32. The number of guanidine groups is 1. The van der Waals surface area contributed by atoms with E-state index in [1.165, 1.54) is 11.1 Å². The van der Waals surface area contributed by atoms with E-state index in [2.05, 4.69) is 52.0 Å². The van der Waals surface area contributed by atoms with Gasteiger partial charge in [-0.3, -0.25) is 0 Å². The number of rotatable bonds is 8. The van der Waals surface area contributed by atoms with Crippen LogP contribution in [-0.2, 0) is 13.0 Å². The molecule has 0 fully saturated rings. The maximum atomic E-state index is 5.45. The molecule has 0 aliphatic rings. The lowest BCUT2D eigenvalue weighted by atomic mass is 10.1. The first-order valence-electron chi connectivity index (χ1n) is 8.81. The molecule has 2 N–H and O–H groups in total. The summed E-state index contributed by atoms with van der Waals surface area (Å²) in [4.78, 5) is 11.2. The van der Waals surface area contributed by atoms with Crippen molar-refractivity contribution in [1.29, 1.82) is 0 Å². The summed E-state index contributed by atoms with van der Waals surface area (Å²) in [6, 6.07) is 6.26. The molecule has 0 amide bonds. The van der Waals surface area contributed by atoms with Crippen LogP contribution in [-0.4, -0.2) is 45.2 Å². The van der Waals surface area contributed by atoms with Crippen LogP contribution in [0.25, 0.3) is 0 Å². The number of ether oxygens (including phenoxy) is 1. The molecule has 0 unspecified atom stereocenters. The lowest BCUT2D eigenvalue weighted by Gasteiger charge is -2.13. The fourth-order valence-electron chi connectivity index (χ4n) is 2.49. The minimum absolute atomic E-state index is 0.563. The van der Waals surface area contributed by atoms with Gasteiger partial charge in [0.15, 0.2) is 11.1 Å². The molecule has 0 spiro atoms. The molecular weight excluding hydrogens is 346 g/mol. The van der Waals surface area contributed by atoms with Crippen LogP contribution in [0.3, 0.4) is 0 Å². The Bertz CT molecular complexity index is 726. The van der Waals surface area contributed by atoms with Crippen molar-refractivity contribution < 1.29 is 4.74 Å². The highest BCUT2D eigenvalue weighted by Crippen LogP contribution is 2.20. The zero-order valence-corrected chi connectivity index (χ0v) is 17.1. The highest BCUT2D eigenvalue weighted by atomic mass is 32.1. The maximum Gasteiger partial charge on any atom is 0.191 e. The van der Waals surface area contributed by atoms with Crippen LogP contribution < -0.4 is 20.3 Å². The summed E-state index contributed by atoms with van der Waals surface area (Å²) in [7, 11) is 5.71. The fourth-order valence-corrected chi connectivity index (χ4v) is 3.24. The number of hydrogen-bond acceptors (Lipinski definition) is 5. The molecule has 0 saturated heterocycles. The Morgan fingerprint density at radius 1 is 1.31 bits per heavy atom. The minimum Gasteiger partial charge on any atom is -0.496 e. The molecular formula is C19H29N5OS.